The lowest BCUT2D eigenvalue weighted by Crippen LogP contribution is -1.86. The molecule has 0 amide bonds. The van der Waals surface area contributed by atoms with Gasteiger partial charge in [-0.15, -0.1) is 11.3 Å². The number of benzene rings is 1. The molecule has 72 valence electrons. The third kappa shape index (κ3) is 1.28. The summed E-state index contributed by atoms with van der Waals surface area (Å²) in [6.45, 7) is 0. The van der Waals surface area contributed by atoms with Crippen molar-refractivity contribution in [1.82, 2.24) is 0 Å². The minimum Gasteiger partial charge on any atom is -0.494 e. The SMILES string of the molecule is COc1ccc2cc(C=O)sc2c1F. The number of ether oxygens (including phenoxy) is 1. The van der Waals surface area contributed by atoms with Crippen LogP contribution in [0.5, 0.6) is 5.75 Å². The van der Waals surface area contributed by atoms with Gasteiger partial charge in [0.25, 0.3) is 0 Å². The fraction of sp³-hybridized carbons (Fsp3) is 0.100. The van der Waals surface area contributed by atoms with Crippen LogP contribution in [0.1, 0.15) is 9.67 Å². The van der Waals surface area contributed by atoms with Gasteiger partial charge in [0.05, 0.1) is 16.7 Å². The number of carbonyl (C=O) groups excluding carboxylic acids is 1. The molecular weight excluding hydrogens is 203 g/mol. The largest absolute Gasteiger partial charge is 0.494 e. The van der Waals surface area contributed by atoms with Crippen molar-refractivity contribution >= 4 is 27.7 Å². The Morgan fingerprint density at radius 1 is 1.50 bits per heavy atom. The van der Waals surface area contributed by atoms with Crippen LogP contribution in [-0.2, 0) is 0 Å². The highest BCUT2D eigenvalue weighted by atomic mass is 32.1. The Balaban J connectivity index is 2.74. The molecule has 1 heterocycles. The van der Waals surface area contributed by atoms with E-state index in [2.05, 4.69) is 0 Å². The van der Waals surface area contributed by atoms with Gasteiger partial charge in [-0.2, -0.15) is 0 Å². The van der Waals surface area contributed by atoms with Crippen LogP contribution in [0.15, 0.2) is 18.2 Å². The number of thiophene rings is 1. The Bertz CT molecular complexity index is 490. The number of fused-ring (bicyclic) bond motifs is 1. The van der Waals surface area contributed by atoms with E-state index in [4.69, 9.17) is 4.74 Å². The monoisotopic (exact) mass is 210 g/mol. The van der Waals surface area contributed by atoms with Crippen molar-refractivity contribution in [3.05, 3.63) is 28.9 Å². The van der Waals surface area contributed by atoms with Gasteiger partial charge in [-0.3, -0.25) is 4.79 Å². The van der Waals surface area contributed by atoms with Gasteiger partial charge < -0.3 is 4.74 Å². The van der Waals surface area contributed by atoms with Crippen LogP contribution in [0.2, 0.25) is 0 Å². The number of rotatable bonds is 2. The second-order valence-corrected chi connectivity index (χ2v) is 3.85. The highest BCUT2D eigenvalue weighted by Crippen LogP contribution is 2.32. The summed E-state index contributed by atoms with van der Waals surface area (Å²) < 4.78 is 18.9. The van der Waals surface area contributed by atoms with Crippen molar-refractivity contribution < 1.29 is 13.9 Å². The van der Waals surface area contributed by atoms with Gasteiger partial charge in [-0.1, -0.05) is 0 Å². The zero-order valence-electron chi connectivity index (χ0n) is 7.41. The first-order valence-corrected chi connectivity index (χ1v) is 4.79. The van der Waals surface area contributed by atoms with E-state index in [0.717, 1.165) is 23.0 Å². The average molecular weight is 210 g/mol. The smallest absolute Gasteiger partial charge is 0.182 e. The van der Waals surface area contributed by atoms with Crippen molar-refractivity contribution in [3.63, 3.8) is 0 Å². The molecule has 0 radical (unpaired) electrons. The third-order valence-electron chi connectivity index (χ3n) is 1.95. The molecule has 14 heavy (non-hydrogen) atoms. The molecule has 0 aliphatic carbocycles. The predicted octanol–water partition coefficient (Wildman–Crippen LogP) is 2.86. The number of halogens is 1. The van der Waals surface area contributed by atoms with Crippen LogP contribution < -0.4 is 4.74 Å². The average Bonchev–Trinajstić information content (AvgIpc) is 2.62. The van der Waals surface area contributed by atoms with Gasteiger partial charge >= 0.3 is 0 Å². The zero-order chi connectivity index (χ0) is 10.1. The molecule has 0 fully saturated rings. The summed E-state index contributed by atoms with van der Waals surface area (Å²) in [5.41, 5.74) is 0. The van der Waals surface area contributed by atoms with Crippen LogP contribution >= 0.6 is 11.3 Å². The lowest BCUT2D eigenvalue weighted by atomic mass is 10.2. The van der Waals surface area contributed by atoms with E-state index in [1.807, 2.05) is 0 Å². The highest BCUT2D eigenvalue weighted by molar-refractivity contribution is 7.20. The highest BCUT2D eigenvalue weighted by Gasteiger charge is 2.10. The molecule has 4 heteroatoms. The lowest BCUT2D eigenvalue weighted by molar-refractivity contribution is 0.112. The molecule has 2 rings (SSSR count). The Morgan fingerprint density at radius 2 is 2.29 bits per heavy atom. The van der Waals surface area contributed by atoms with Crippen LogP contribution in [0, 0.1) is 5.82 Å². The van der Waals surface area contributed by atoms with Gasteiger partial charge in [-0.05, 0) is 23.6 Å². The topological polar surface area (TPSA) is 26.3 Å². The maximum Gasteiger partial charge on any atom is 0.182 e. The Morgan fingerprint density at radius 3 is 2.93 bits per heavy atom. The maximum atomic E-state index is 13.6. The van der Waals surface area contributed by atoms with Crippen LogP contribution in [0.4, 0.5) is 4.39 Å². The predicted molar refractivity (Wildman–Crippen MR) is 53.7 cm³/mol. The molecule has 0 spiro atoms. The summed E-state index contributed by atoms with van der Waals surface area (Å²) >= 11 is 1.13. The molecule has 0 saturated heterocycles. The van der Waals surface area contributed by atoms with Crippen LogP contribution in [0.25, 0.3) is 10.1 Å². The van der Waals surface area contributed by atoms with E-state index in [9.17, 15) is 9.18 Å². The normalized spacial score (nSPS) is 10.4. The van der Waals surface area contributed by atoms with Crippen molar-refractivity contribution in [2.45, 2.75) is 0 Å². The van der Waals surface area contributed by atoms with Gasteiger partial charge in [0.2, 0.25) is 0 Å². The van der Waals surface area contributed by atoms with E-state index in [0.29, 0.717) is 9.58 Å². The van der Waals surface area contributed by atoms with E-state index in [1.165, 1.54) is 7.11 Å². The number of methoxy groups -OCH3 is 1. The molecule has 2 nitrogen and oxygen atoms in total. The molecule has 0 N–H and O–H groups in total. The van der Waals surface area contributed by atoms with Gasteiger partial charge in [0.15, 0.2) is 17.9 Å². The van der Waals surface area contributed by atoms with E-state index < -0.39 is 5.82 Å². The molecule has 0 aliphatic rings. The van der Waals surface area contributed by atoms with E-state index in [1.54, 1.807) is 18.2 Å². The number of hydrogen-bond acceptors (Lipinski definition) is 3. The second kappa shape index (κ2) is 3.38. The van der Waals surface area contributed by atoms with Crippen LogP contribution in [-0.4, -0.2) is 13.4 Å². The van der Waals surface area contributed by atoms with E-state index in [-0.39, 0.29) is 5.75 Å². The summed E-state index contributed by atoms with van der Waals surface area (Å²) in [6, 6.07) is 4.95. The van der Waals surface area contributed by atoms with Crippen molar-refractivity contribution in [2.75, 3.05) is 7.11 Å². The molecular formula is C10H7FO2S. The Labute approximate surface area is 83.9 Å². The second-order valence-electron chi connectivity index (χ2n) is 2.77. The number of carbonyl (C=O) groups is 1. The zero-order valence-corrected chi connectivity index (χ0v) is 8.23. The van der Waals surface area contributed by atoms with Gasteiger partial charge in [0, 0.05) is 0 Å². The molecule has 0 bridgehead atoms. The standard InChI is InChI=1S/C10H7FO2S/c1-13-8-3-2-6-4-7(5-12)14-10(6)9(8)11/h2-5H,1H3. The minimum atomic E-state index is -0.400. The molecule has 0 unspecified atom stereocenters. The molecule has 2 aromatic rings. The first-order valence-electron chi connectivity index (χ1n) is 3.97. The lowest BCUT2D eigenvalue weighted by Gasteiger charge is -2.00. The first kappa shape index (κ1) is 9.15. The summed E-state index contributed by atoms with van der Waals surface area (Å²) in [7, 11) is 1.42. The molecule has 1 aromatic heterocycles. The van der Waals surface area contributed by atoms with Gasteiger partial charge in [0.1, 0.15) is 0 Å². The summed E-state index contributed by atoms with van der Waals surface area (Å²) in [5.74, 6) is -0.195. The third-order valence-corrected chi connectivity index (χ3v) is 3.01. The molecule has 0 saturated carbocycles. The van der Waals surface area contributed by atoms with Crippen LogP contribution in [0.3, 0.4) is 0 Å². The fourth-order valence-corrected chi connectivity index (χ4v) is 2.19. The van der Waals surface area contributed by atoms with Crippen molar-refractivity contribution in [3.8, 4) is 5.75 Å². The number of aldehydes is 1. The molecule has 1 aromatic carbocycles. The summed E-state index contributed by atoms with van der Waals surface area (Å²) in [4.78, 5) is 11.0. The Kier molecular flexibility index (Phi) is 2.21. The summed E-state index contributed by atoms with van der Waals surface area (Å²) in [5, 5.41) is 0.732. The van der Waals surface area contributed by atoms with E-state index >= 15 is 0 Å². The maximum absolute atomic E-state index is 13.6. The van der Waals surface area contributed by atoms with Crippen molar-refractivity contribution in [1.29, 1.82) is 0 Å². The first-order chi connectivity index (χ1) is 6.76. The fourth-order valence-electron chi connectivity index (χ4n) is 1.29. The van der Waals surface area contributed by atoms with Crippen molar-refractivity contribution in [2.24, 2.45) is 0 Å². The minimum absolute atomic E-state index is 0.205. The molecule has 0 aliphatic heterocycles. The Hall–Kier alpha value is -1.42. The van der Waals surface area contributed by atoms with Gasteiger partial charge in [-0.25, -0.2) is 4.39 Å². The summed E-state index contributed by atoms with van der Waals surface area (Å²) in [6.07, 6.45) is 0.719. The quantitative estimate of drug-likeness (QED) is 0.712. The molecule has 0 atom stereocenters. The number of hydrogen-bond donors (Lipinski definition) is 0.